The highest BCUT2D eigenvalue weighted by Crippen LogP contribution is 2.70. The van der Waals surface area contributed by atoms with Crippen LogP contribution in [0.15, 0.2) is 42.5 Å². The van der Waals surface area contributed by atoms with Crippen LogP contribution < -0.4 is 5.01 Å². The van der Waals surface area contributed by atoms with E-state index < -0.39 is 17.4 Å². The summed E-state index contributed by atoms with van der Waals surface area (Å²) in [6, 6.07) is 9.17. The Morgan fingerprint density at radius 1 is 1.26 bits per heavy atom. The van der Waals surface area contributed by atoms with Crippen LogP contribution in [0.5, 0.6) is 0 Å². The minimum atomic E-state index is -1.20. The summed E-state index contributed by atoms with van der Waals surface area (Å²) in [6.07, 6.45) is 2.38. The molecule has 3 aliphatic rings. The van der Waals surface area contributed by atoms with E-state index in [0.717, 1.165) is 31.3 Å². The van der Waals surface area contributed by atoms with E-state index in [1.165, 1.54) is 0 Å². The average Bonchev–Trinajstić information content (AvgIpc) is 3.19. The average molecular weight is 425 g/mol. The van der Waals surface area contributed by atoms with E-state index in [9.17, 15) is 14.7 Å². The van der Waals surface area contributed by atoms with Gasteiger partial charge in [0.1, 0.15) is 6.10 Å². The zero-order valence-corrected chi connectivity index (χ0v) is 19.5. The van der Waals surface area contributed by atoms with Crippen molar-refractivity contribution < 1.29 is 14.7 Å². The van der Waals surface area contributed by atoms with Crippen LogP contribution in [-0.4, -0.2) is 34.1 Å². The molecular formula is C26H36N2O3. The Bertz CT molecular complexity index is 901. The first-order chi connectivity index (χ1) is 14.4. The van der Waals surface area contributed by atoms with Crippen LogP contribution in [0.25, 0.3) is 0 Å². The summed E-state index contributed by atoms with van der Waals surface area (Å²) in [7, 11) is 0. The molecule has 0 aromatic heterocycles. The van der Waals surface area contributed by atoms with Gasteiger partial charge in [-0.1, -0.05) is 65.0 Å². The normalized spacial score (nSPS) is 29.9. The minimum Gasteiger partial charge on any atom is -0.383 e. The van der Waals surface area contributed by atoms with Crippen molar-refractivity contribution >= 4 is 17.5 Å². The molecule has 1 spiro atoms. The van der Waals surface area contributed by atoms with E-state index in [-0.39, 0.29) is 29.2 Å². The molecule has 2 bridgehead atoms. The van der Waals surface area contributed by atoms with Crippen molar-refractivity contribution in [1.82, 2.24) is 5.01 Å². The van der Waals surface area contributed by atoms with Gasteiger partial charge in [-0.3, -0.25) is 9.59 Å². The third kappa shape index (κ3) is 3.24. The molecule has 1 aliphatic heterocycles. The summed E-state index contributed by atoms with van der Waals surface area (Å²) in [5.74, 6) is 0.0305. The molecule has 4 rings (SSSR count). The van der Waals surface area contributed by atoms with E-state index in [1.807, 2.05) is 30.3 Å². The molecule has 2 saturated carbocycles. The summed E-state index contributed by atoms with van der Waals surface area (Å²) in [4.78, 5) is 27.6. The molecule has 5 heteroatoms. The topological polar surface area (TPSA) is 60.9 Å². The predicted molar refractivity (Wildman–Crippen MR) is 122 cm³/mol. The van der Waals surface area contributed by atoms with Crippen LogP contribution in [0.3, 0.4) is 0 Å². The highest BCUT2D eigenvalue weighted by molar-refractivity contribution is 6.05. The number of hydrogen-bond donors (Lipinski definition) is 1. The summed E-state index contributed by atoms with van der Waals surface area (Å²) in [5, 5.41) is 14.1. The molecule has 1 aromatic rings. The van der Waals surface area contributed by atoms with E-state index >= 15 is 0 Å². The van der Waals surface area contributed by atoms with Crippen LogP contribution in [0.1, 0.15) is 66.7 Å². The molecule has 2 aliphatic carbocycles. The standard InChI is InChI=1S/C26H36N2O3/c1-17(16-24(2,3)4)14-20(29)22(30)28-21-15-18-12-13-26(21,25(18,5)6)23(31)27(28)19-10-8-7-9-11-19/h7-11,18,20-21,29H,1,12-16H2,2-6H3/t18-,20+,21-,26+/m1/s1. The number of anilines is 1. The molecule has 31 heavy (non-hydrogen) atoms. The maximum absolute atomic E-state index is 14.0. The van der Waals surface area contributed by atoms with Crippen molar-refractivity contribution in [3.05, 3.63) is 42.5 Å². The number of para-hydroxylation sites is 1. The molecule has 1 aromatic carbocycles. The summed E-state index contributed by atoms with van der Waals surface area (Å²) in [5.41, 5.74) is 0.832. The van der Waals surface area contributed by atoms with E-state index in [1.54, 1.807) is 10.0 Å². The first kappa shape index (κ1) is 22.1. The molecule has 2 amide bonds. The molecule has 1 saturated heterocycles. The third-order valence-corrected chi connectivity index (χ3v) is 7.99. The first-order valence-electron chi connectivity index (χ1n) is 11.5. The predicted octanol–water partition coefficient (Wildman–Crippen LogP) is 4.72. The van der Waals surface area contributed by atoms with Crippen LogP contribution >= 0.6 is 0 Å². The van der Waals surface area contributed by atoms with Gasteiger partial charge in [0.15, 0.2) is 0 Å². The van der Waals surface area contributed by atoms with Crippen LogP contribution in [0.4, 0.5) is 5.69 Å². The quantitative estimate of drug-likeness (QED) is 0.696. The van der Waals surface area contributed by atoms with Crippen molar-refractivity contribution in [3.63, 3.8) is 0 Å². The number of fused-ring (bicyclic) bond motifs is 1. The van der Waals surface area contributed by atoms with Crippen molar-refractivity contribution in [2.24, 2.45) is 22.2 Å². The second-order valence-corrected chi connectivity index (χ2v) is 11.5. The van der Waals surface area contributed by atoms with Crippen molar-refractivity contribution in [1.29, 1.82) is 0 Å². The Labute approximate surface area is 186 Å². The lowest BCUT2D eigenvalue weighted by atomic mass is 9.67. The van der Waals surface area contributed by atoms with Crippen molar-refractivity contribution in [3.8, 4) is 0 Å². The molecule has 3 fully saturated rings. The number of nitrogens with zero attached hydrogens (tertiary/aromatic N) is 2. The summed E-state index contributed by atoms with van der Waals surface area (Å²) < 4.78 is 0. The molecule has 0 radical (unpaired) electrons. The Kier molecular flexibility index (Phi) is 5.12. The number of aliphatic hydroxyl groups is 1. The first-order valence-corrected chi connectivity index (χ1v) is 11.5. The number of hydrazine groups is 1. The number of rotatable bonds is 5. The Balaban J connectivity index is 1.68. The smallest absolute Gasteiger partial charge is 0.270 e. The van der Waals surface area contributed by atoms with E-state index in [2.05, 4.69) is 41.2 Å². The molecule has 1 N–H and O–H groups in total. The third-order valence-electron chi connectivity index (χ3n) is 7.99. The second-order valence-electron chi connectivity index (χ2n) is 11.5. The van der Waals surface area contributed by atoms with E-state index in [0.29, 0.717) is 11.6 Å². The Morgan fingerprint density at radius 3 is 2.48 bits per heavy atom. The number of amides is 2. The minimum absolute atomic E-state index is 0.00256. The fraction of sp³-hybridized carbons (Fsp3) is 0.615. The number of aliphatic hydroxyl groups excluding tert-OH is 1. The lowest BCUT2D eigenvalue weighted by molar-refractivity contribution is -0.143. The van der Waals surface area contributed by atoms with Gasteiger partial charge in [-0.2, -0.15) is 0 Å². The lowest BCUT2D eigenvalue weighted by Crippen LogP contribution is -2.51. The van der Waals surface area contributed by atoms with Crippen LogP contribution in [0.2, 0.25) is 0 Å². The molecule has 5 nitrogen and oxygen atoms in total. The van der Waals surface area contributed by atoms with Crippen LogP contribution in [-0.2, 0) is 9.59 Å². The Morgan fingerprint density at radius 2 is 1.90 bits per heavy atom. The maximum atomic E-state index is 14.0. The van der Waals surface area contributed by atoms with Crippen molar-refractivity contribution in [2.75, 3.05) is 5.01 Å². The summed E-state index contributed by atoms with van der Waals surface area (Å²) in [6.45, 7) is 14.8. The number of carbonyl (C=O) groups excluding carboxylic acids is 2. The SMILES string of the molecule is C=C(C[C@H](O)C(=O)N1[C@@H]2C[C@H]3CC[C@]2(C(=O)N1c1ccccc1)C3(C)C)CC(C)(C)C. The molecule has 4 atom stereocenters. The van der Waals surface area contributed by atoms with Gasteiger partial charge < -0.3 is 5.11 Å². The lowest BCUT2D eigenvalue weighted by Gasteiger charge is -2.35. The zero-order chi connectivity index (χ0) is 22.8. The van der Waals surface area contributed by atoms with Gasteiger partial charge in [-0.15, -0.1) is 0 Å². The van der Waals surface area contributed by atoms with Gasteiger partial charge >= 0.3 is 0 Å². The zero-order valence-electron chi connectivity index (χ0n) is 19.5. The van der Waals surface area contributed by atoms with Crippen LogP contribution in [0, 0.1) is 22.2 Å². The van der Waals surface area contributed by atoms with Gasteiger partial charge in [0.2, 0.25) is 0 Å². The molecular weight excluding hydrogens is 388 g/mol. The number of hydrogen-bond acceptors (Lipinski definition) is 3. The van der Waals surface area contributed by atoms with Gasteiger partial charge in [-0.25, -0.2) is 10.0 Å². The molecule has 1 heterocycles. The highest BCUT2D eigenvalue weighted by atomic mass is 16.3. The van der Waals surface area contributed by atoms with E-state index in [4.69, 9.17) is 0 Å². The molecule has 0 unspecified atom stereocenters. The van der Waals surface area contributed by atoms with Gasteiger partial charge in [-0.05, 0) is 54.6 Å². The van der Waals surface area contributed by atoms with Gasteiger partial charge in [0.05, 0.1) is 17.1 Å². The second kappa shape index (κ2) is 7.19. The number of carbonyl (C=O) groups is 2. The largest absolute Gasteiger partial charge is 0.383 e. The number of benzene rings is 1. The fourth-order valence-electron chi connectivity index (χ4n) is 6.59. The monoisotopic (exact) mass is 424 g/mol. The molecule has 168 valence electrons. The van der Waals surface area contributed by atoms with Crippen molar-refractivity contribution in [2.45, 2.75) is 78.9 Å². The van der Waals surface area contributed by atoms with Gasteiger partial charge in [0.25, 0.3) is 11.8 Å². The fourth-order valence-corrected chi connectivity index (χ4v) is 6.59. The maximum Gasteiger partial charge on any atom is 0.270 e. The Hall–Kier alpha value is -2.14. The summed E-state index contributed by atoms with van der Waals surface area (Å²) >= 11 is 0. The highest BCUT2D eigenvalue weighted by Gasteiger charge is 2.75. The van der Waals surface area contributed by atoms with Gasteiger partial charge in [0, 0.05) is 6.42 Å².